The number of aromatic nitrogens is 4. The van der Waals surface area contributed by atoms with E-state index in [2.05, 4.69) is 51.6 Å². The molecule has 20 nitrogen and oxygen atoms in total. The van der Waals surface area contributed by atoms with Gasteiger partial charge in [0, 0.05) is 33.6 Å². The highest BCUT2D eigenvalue weighted by Crippen LogP contribution is 2.31. The third kappa shape index (κ3) is 8.69. The summed E-state index contributed by atoms with van der Waals surface area (Å²) in [4.78, 5) is 66.9. The normalized spacial score (nSPS) is 15.0. The van der Waals surface area contributed by atoms with Gasteiger partial charge in [0.25, 0.3) is 32.1 Å². The minimum atomic E-state index is -4.97. The molecule has 2 heterocycles. The molecule has 2 aliphatic rings. The quantitative estimate of drug-likeness (QED) is 0.0508. The number of aryl methyl sites for hydroxylation is 4. The van der Waals surface area contributed by atoms with E-state index in [0.29, 0.717) is 22.1 Å². The van der Waals surface area contributed by atoms with Gasteiger partial charge in [-0.25, -0.2) is 20.8 Å². The number of Topliss-reactive ketones (excluding diaryl/α,β-unsaturated/α-hetero) is 2. The molecule has 5 aromatic carbocycles. The number of carbonyl (C=O) groups is 4. The molecule has 2 aliphatic carbocycles. The number of anilines is 4. The van der Waals surface area contributed by atoms with Crippen LogP contribution >= 0.6 is 0 Å². The van der Waals surface area contributed by atoms with Crippen molar-refractivity contribution in [3.63, 3.8) is 0 Å². The minimum Gasteiger partial charge on any atom is -0.323 e. The van der Waals surface area contributed by atoms with Crippen molar-refractivity contribution in [3.8, 4) is 0 Å². The van der Waals surface area contributed by atoms with Gasteiger partial charge in [-0.3, -0.25) is 28.3 Å². The van der Waals surface area contributed by atoms with Crippen LogP contribution in [0.15, 0.2) is 105 Å². The van der Waals surface area contributed by atoms with E-state index in [1.54, 1.807) is 0 Å². The number of benzene rings is 5. The lowest BCUT2D eigenvalue weighted by Crippen LogP contribution is -2.27. The number of rotatable bonds is 10. The Labute approximate surface area is 385 Å². The molecule has 342 valence electrons. The second-order valence-electron chi connectivity index (χ2n) is 15.9. The van der Waals surface area contributed by atoms with Crippen molar-refractivity contribution in [1.82, 2.24) is 19.9 Å². The van der Waals surface area contributed by atoms with Gasteiger partial charge in [-0.2, -0.15) is 27.0 Å². The molecular weight excluding hydrogens is 917 g/mol. The van der Waals surface area contributed by atoms with Crippen molar-refractivity contribution in [2.75, 3.05) is 21.5 Å². The van der Waals surface area contributed by atoms with E-state index < -0.39 is 64.9 Å². The van der Waals surface area contributed by atoms with E-state index in [4.69, 9.17) is 0 Å². The number of nitrogens with zero attached hydrogens (tertiary/aromatic N) is 4. The van der Waals surface area contributed by atoms with E-state index in [1.165, 1.54) is 60.7 Å². The third-order valence-electron chi connectivity index (χ3n) is 11.3. The molecule has 2 amide bonds. The highest BCUT2D eigenvalue weighted by molar-refractivity contribution is 7.91. The highest BCUT2D eigenvalue weighted by atomic mass is 32.2. The van der Waals surface area contributed by atoms with Crippen molar-refractivity contribution in [3.05, 3.63) is 150 Å². The fourth-order valence-electron chi connectivity index (χ4n) is 7.48. The van der Waals surface area contributed by atoms with E-state index in [0.717, 1.165) is 34.4 Å². The Bertz CT molecular complexity index is 3430. The fourth-order valence-corrected chi connectivity index (χ4v) is 8.80. The maximum absolute atomic E-state index is 13.6. The van der Waals surface area contributed by atoms with Crippen LogP contribution in [0.4, 0.5) is 23.3 Å². The van der Waals surface area contributed by atoms with E-state index >= 15 is 0 Å². The van der Waals surface area contributed by atoms with Crippen molar-refractivity contribution in [1.29, 1.82) is 0 Å². The van der Waals surface area contributed by atoms with Gasteiger partial charge in [-0.15, -0.1) is 0 Å². The summed E-state index contributed by atoms with van der Waals surface area (Å²) in [6.45, 7) is 7.71. The molecule has 0 fully saturated rings. The van der Waals surface area contributed by atoms with Gasteiger partial charge < -0.3 is 20.6 Å². The molecule has 7 aromatic rings. The zero-order valence-corrected chi connectivity index (χ0v) is 37.6. The van der Waals surface area contributed by atoms with Crippen molar-refractivity contribution in [2.24, 2.45) is 10.2 Å². The summed E-state index contributed by atoms with van der Waals surface area (Å²) >= 11 is 0. The number of imidazole rings is 2. The lowest BCUT2D eigenvalue weighted by Gasteiger charge is -2.17. The molecule has 0 aliphatic heterocycles. The van der Waals surface area contributed by atoms with E-state index in [9.17, 15) is 45.1 Å². The zero-order chi connectivity index (χ0) is 48.4. The van der Waals surface area contributed by atoms with Crippen LogP contribution in [0, 0.1) is 27.7 Å². The summed E-state index contributed by atoms with van der Waals surface area (Å²) in [7, 11) is -9.94. The molecule has 0 saturated heterocycles. The largest absolute Gasteiger partial charge is 0.323 e. The monoisotopic (exact) mass is 952 g/mol. The number of H-pyrrole nitrogens is 2. The van der Waals surface area contributed by atoms with Gasteiger partial charge in [0.15, 0.2) is 11.4 Å². The maximum Gasteiger partial charge on any atom is 0.296 e. The number of nitrogens with one attached hydrogen (secondary N) is 6. The van der Waals surface area contributed by atoms with Crippen LogP contribution in [0.3, 0.4) is 0 Å². The molecule has 22 heteroatoms. The van der Waals surface area contributed by atoms with E-state index in [1.807, 2.05) is 52.0 Å². The summed E-state index contributed by atoms with van der Waals surface area (Å²) in [6, 6.07) is 21.2. The Hall–Kier alpha value is -8.44. The lowest BCUT2D eigenvalue weighted by atomic mass is 9.94. The number of hydrazone groups is 2. The van der Waals surface area contributed by atoms with Crippen molar-refractivity contribution in [2.45, 2.75) is 27.7 Å². The average Bonchev–Trinajstić information content (AvgIpc) is 3.87. The fraction of sp³-hybridized carbons (Fsp3) is 0.0870. The van der Waals surface area contributed by atoms with Gasteiger partial charge in [-0.1, -0.05) is 0 Å². The van der Waals surface area contributed by atoms with Gasteiger partial charge in [0.05, 0.1) is 22.1 Å². The average molecular weight is 953 g/mol. The Kier molecular flexibility index (Phi) is 11.0. The minimum absolute atomic E-state index is 0.0404. The third-order valence-corrected chi connectivity index (χ3v) is 13.0. The summed E-state index contributed by atoms with van der Waals surface area (Å²) in [5.41, 5.74) is 11.4. The lowest BCUT2D eigenvalue weighted by molar-refractivity contribution is 0.101. The first-order chi connectivity index (χ1) is 32.2. The van der Waals surface area contributed by atoms with Gasteiger partial charge >= 0.3 is 0 Å². The molecular formula is C46H36N10O10S2. The van der Waals surface area contributed by atoms with E-state index in [-0.39, 0.29) is 56.7 Å². The Morgan fingerprint density at radius 1 is 0.544 bits per heavy atom. The molecule has 0 atom stereocenters. The number of aromatic amines is 2. The number of fused-ring (bicyclic) bond motifs is 4. The first-order valence-corrected chi connectivity index (χ1v) is 23.2. The Morgan fingerprint density at radius 3 is 1.28 bits per heavy atom. The standard InChI is InChI=1S/C46H36N10O10S2/c1-21-13-33-34(14-22(21)2)50-45(49-33)55-53-39-37(67(61,62)63)19-27-17-29(9-11-31(27)41(39)57)47-43(59)25-5-7-26(8-6-25)44(60)48-30-10-12-32-28(18-30)20-38(68(64,65)66)40(42(32)58)54-56-46-51-35-15-23(3)24(4)16-36(35)52-46/h5-20H,1-4H3,(H,47,59)(H,48,60)(H2,49,50,55)(H2,51,52,56)(H,61,62,63)(H,64,65,66)/b53-39-,54-40-. The summed E-state index contributed by atoms with van der Waals surface area (Å²) < 4.78 is 70.1. The molecule has 68 heavy (non-hydrogen) atoms. The van der Waals surface area contributed by atoms with Gasteiger partial charge in [0.2, 0.25) is 23.5 Å². The van der Waals surface area contributed by atoms with Crippen LogP contribution < -0.4 is 21.5 Å². The molecule has 0 bridgehead atoms. The Balaban J connectivity index is 0.876. The van der Waals surface area contributed by atoms with Crippen LogP contribution in [0.5, 0.6) is 0 Å². The second-order valence-corrected chi connectivity index (χ2v) is 18.7. The van der Waals surface area contributed by atoms with Crippen LogP contribution in [-0.4, -0.2) is 80.7 Å². The number of carbonyl (C=O) groups excluding carboxylic acids is 4. The molecule has 0 unspecified atom stereocenters. The summed E-state index contributed by atoms with van der Waals surface area (Å²) in [6.07, 6.45) is 2.11. The van der Waals surface area contributed by atoms with Crippen LogP contribution in [0.25, 0.3) is 34.2 Å². The van der Waals surface area contributed by atoms with Gasteiger partial charge in [-0.05, 0) is 158 Å². The predicted molar refractivity (Wildman–Crippen MR) is 256 cm³/mol. The van der Waals surface area contributed by atoms with Crippen molar-refractivity contribution >= 4 is 113 Å². The number of hydrogen-bond donors (Lipinski definition) is 8. The molecule has 2 aromatic heterocycles. The zero-order valence-electron chi connectivity index (χ0n) is 36.0. The molecule has 8 N–H and O–H groups in total. The summed E-state index contributed by atoms with van der Waals surface area (Å²) in [5, 5.41) is 13.3. The first kappa shape index (κ1) is 44.7. The number of hydrogen-bond acceptors (Lipinski definition) is 14. The van der Waals surface area contributed by atoms with Crippen LogP contribution in [0.2, 0.25) is 0 Å². The topological polar surface area (TPSA) is 307 Å². The smallest absolute Gasteiger partial charge is 0.296 e. The van der Waals surface area contributed by atoms with Crippen molar-refractivity contribution < 1.29 is 45.1 Å². The summed E-state index contributed by atoms with van der Waals surface area (Å²) in [5.74, 6) is -2.63. The molecule has 0 radical (unpaired) electrons. The SMILES string of the molecule is Cc1cc2nc(N/N=C3\C(=O)c4ccc(NC(=O)c5ccc(C(=O)Nc6ccc7c(c6)C=C(S(=O)(=O)O)/C(=N/Nc6nc8cc(C)c(C)cc8[nH]6)C7=O)cc5)cc4C=C3S(=O)(=O)O)[nH]c2cc1C. The second kappa shape index (κ2) is 16.8. The number of allylic oxidation sites excluding steroid dienone is 2. The van der Waals surface area contributed by atoms with Gasteiger partial charge in [0.1, 0.15) is 9.81 Å². The molecule has 0 saturated carbocycles. The number of amides is 2. The highest BCUT2D eigenvalue weighted by Gasteiger charge is 2.35. The molecule has 0 spiro atoms. The number of ketones is 2. The predicted octanol–water partition coefficient (Wildman–Crippen LogP) is 6.96. The molecule has 9 rings (SSSR count). The van der Waals surface area contributed by atoms with Crippen LogP contribution in [0.1, 0.15) is 74.8 Å². The van der Waals surface area contributed by atoms with Crippen LogP contribution in [-0.2, 0) is 20.2 Å². The first-order valence-electron chi connectivity index (χ1n) is 20.3. The Morgan fingerprint density at radius 2 is 0.912 bits per heavy atom. The maximum atomic E-state index is 13.6.